The summed E-state index contributed by atoms with van der Waals surface area (Å²) in [6.07, 6.45) is 4.59. The van der Waals surface area contributed by atoms with Crippen LogP contribution in [0.15, 0.2) is 81.4 Å². The molecule has 4 aromatic rings. The average molecular weight is 505 g/mol. The van der Waals surface area contributed by atoms with E-state index in [-0.39, 0.29) is 18.2 Å². The fraction of sp³-hybridized carbons (Fsp3) is 0.125. The van der Waals surface area contributed by atoms with Gasteiger partial charge in [-0.1, -0.05) is 23.7 Å². The van der Waals surface area contributed by atoms with E-state index < -0.39 is 5.56 Å². The predicted octanol–water partition coefficient (Wildman–Crippen LogP) is 4.09. The molecule has 0 bridgehead atoms. The van der Waals surface area contributed by atoms with Gasteiger partial charge in [0.25, 0.3) is 11.4 Å². The SMILES string of the molecule is CN(C)C(=Nc1cnc(Nc2ccc(Oc3ccon3)cc2)n(Cc2ccc(Cl)cc2)c1=O)NC#N. The number of rotatable bonds is 7. The monoisotopic (exact) mass is 504 g/mol. The molecule has 0 aliphatic rings. The molecule has 2 aromatic heterocycles. The van der Waals surface area contributed by atoms with Gasteiger partial charge in [-0.15, -0.1) is 0 Å². The highest BCUT2D eigenvalue weighted by atomic mass is 35.5. The molecular formula is C24H21ClN8O3. The second kappa shape index (κ2) is 11.1. The molecule has 2 N–H and O–H groups in total. The first kappa shape index (κ1) is 24.3. The van der Waals surface area contributed by atoms with Gasteiger partial charge in [0.15, 0.2) is 11.9 Å². The number of halogens is 1. The smallest absolute Gasteiger partial charge is 0.281 e. The first-order valence-corrected chi connectivity index (χ1v) is 11.0. The lowest BCUT2D eigenvalue weighted by molar-refractivity contribution is 0.367. The van der Waals surface area contributed by atoms with E-state index in [0.717, 1.165) is 5.56 Å². The molecule has 182 valence electrons. The van der Waals surface area contributed by atoms with E-state index in [0.29, 0.717) is 28.3 Å². The topological polar surface area (TPSA) is 134 Å². The summed E-state index contributed by atoms with van der Waals surface area (Å²) >= 11 is 6.02. The highest BCUT2D eigenvalue weighted by molar-refractivity contribution is 6.30. The van der Waals surface area contributed by atoms with Crippen LogP contribution in [0.5, 0.6) is 11.6 Å². The molecule has 0 saturated carbocycles. The Morgan fingerprint density at radius 2 is 1.94 bits per heavy atom. The maximum Gasteiger partial charge on any atom is 0.281 e. The third-order valence-electron chi connectivity index (χ3n) is 4.85. The van der Waals surface area contributed by atoms with Crippen molar-refractivity contribution in [3.63, 3.8) is 0 Å². The first-order chi connectivity index (χ1) is 17.4. The molecule has 36 heavy (non-hydrogen) atoms. The Bertz CT molecular complexity index is 1440. The van der Waals surface area contributed by atoms with Crippen molar-refractivity contribution >= 4 is 34.9 Å². The largest absolute Gasteiger partial charge is 0.436 e. The summed E-state index contributed by atoms with van der Waals surface area (Å²) in [5.74, 6) is 1.41. The van der Waals surface area contributed by atoms with Crippen molar-refractivity contribution in [2.45, 2.75) is 6.54 Å². The van der Waals surface area contributed by atoms with Crippen molar-refractivity contribution < 1.29 is 9.26 Å². The lowest BCUT2D eigenvalue weighted by Gasteiger charge is -2.16. The van der Waals surface area contributed by atoms with E-state index in [4.69, 9.17) is 26.1 Å². The fourth-order valence-electron chi connectivity index (χ4n) is 3.09. The molecule has 0 aliphatic heterocycles. The number of hydrogen-bond donors (Lipinski definition) is 2. The second-order valence-electron chi connectivity index (χ2n) is 7.64. The first-order valence-electron chi connectivity index (χ1n) is 10.6. The second-order valence-corrected chi connectivity index (χ2v) is 8.08. The van der Waals surface area contributed by atoms with Crippen LogP contribution < -0.4 is 20.9 Å². The van der Waals surface area contributed by atoms with Gasteiger partial charge >= 0.3 is 0 Å². The fourth-order valence-corrected chi connectivity index (χ4v) is 3.22. The van der Waals surface area contributed by atoms with Crippen molar-refractivity contribution in [1.82, 2.24) is 24.9 Å². The van der Waals surface area contributed by atoms with Gasteiger partial charge in [0, 0.05) is 30.9 Å². The van der Waals surface area contributed by atoms with E-state index in [1.165, 1.54) is 17.0 Å². The summed E-state index contributed by atoms with van der Waals surface area (Å²) in [6, 6.07) is 15.8. The molecule has 0 spiro atoms. The van der Waals surface area contributed by atoms with Crippen molar-refractivity contribution in [3.8, 4) is 17.8 Å². The Labute approximate surface area is 211 Å². The molecule has 0 amide bonds. The molecule has 0 aliphatic carbocycles. The van der Waals surface area contributed by atoms with E-state index in [2.05, 4.69) is 25.8 Å². The van der Waals surface area contributed by atoms with Gasteiger partial charge in [0.05, 0.1) is 12.7 Å². The van der Waals surface area contributed by atoms with Crippen LogP contribution in [-0.4, -0.2) is 39.7 Å². The molecule has 0 saturated heterocycles. The molecule has 4 rings (SSSR count). The van der Waals surface area contributed by atoms with Gasteiger partial charge < -0.3 is 19.5 Å². The number of ether oxygens (including phenoxy) is 1. The summed E-state index contributed by atoms with van der Waals surface area (Å²) < 4.78 is 11.8. The number of aliphatic imine (C=N–C) groups is 1. The molecular weight excluding hydrogens is 484 g/mol. The lowest BCUT2D eigenvalue weighted by atomic mass is 10.2. The number of nitrogens with zero attached hydrogens (tertiary/aromatic N) is 6. The minimum atomic E-state index is -0.396. The Morgan fingerprint density at radius 3 is 2.58 bits per heavy atom. The highest BCUT2D eigenvalue weighted by Gasteiger charge is 2.13. The Kier molecular flexibility index (Phi) is 7.48. The zero-order chi connectivity index (χ0) is 25.5. The van der Waals surface area contributed by atoms with Crippen molar-refractivity contribution in [1.29, 1.82) is 5.26 Å². The molecule has 0 atom stereocenters. The van der Waals surface area contributed by atoms with Gasteiger partial charge in [-0.25, -0.2) is 9.98 Å². The molecule has 12 heteroatoms. The Balaban J connectivity index is 1.67. The summed E-state index contributed by atoms with van der Waals surface area (Å²) in [4.78, 5) is 23.7. The molecule has 2 heterocycles. The van der Waals surface area contributed by atoms with E-state index >= 15 is 0 Å². The maximum absolute atomic E-state index is 13.4. The number of nitriles is 1. The van der Waals surface area contributed by atoms with Crippen molar-refractivity contribution in [2.24, 2.45) is 4.99 Å². The van der Waals surface area contributed by atoms with E-state index in [1.807, 2.05) is 18.3 Å². The van der Waals surface area contributed by atoms with Crippen LogP contribution >= 0.6 is 11.6 Å². The van der Waals surface area contributed by atoms with Crippen LogP contribution in [0.2, 0.25) is 5.02 Å². The highest BCUT2D eigenvalue weighted by Crippen LogP contribution is 2.23. The molecule has 0 fully saturated rings. The molecule has 11 nitrogen and oxygen atoms in total. The molecule has 0 unspecified atom stereocenters. The van der Waals surface area contributed by atoms with Crippen LogP contribution in [0, 0.1) is 11.5 Å². The third kappa shape index (κ3) is 5.99. The summed E-state index contributed by atoms with van der Waals surface area (Å²) in [5, 5.41) is 18.9. The number of aromatic nitrogens is 3. The minimum Gasteiger partial charge on any atom is -0.436 e. The van der Waals surface area contributed by atoms with Crippen LogP contribution in [0.25, 0.3) is 0 Å². The van der Waals surface area contributed by atoms with Gasteiger partial charge in [-0.3, -0.25) is 14.7 Å². The van der Waals surface area contributed by atoms with E-state index in [1.54, 1.807) is 61.5 Å². The lowest BCUT2D eigenvalue weighted by Crippen LogP contribution is -2.34. The van der Waals surface area contributed by atoms with Crippen molar-refractivity contribution in [2.75, 3.05) is 19.4 Å². The summed E-state index contributed by atoms with van der Waals surface area (Å²) in [5.41, 5.74) is 1.19. The number of anilines is 2. The van der Waals surface area contributed by atoms with Crippen molar-refractivity contribution in [3.05, 3.63) is 88.0 Å². The average Bonchev–Trinajstić information content (AvgIpc) is 3.38. The van der Waals surface area contributed by atoms with Gasteiger partial charge in [-0.2, -0.15) is 5.26 Å². The number of hydrogen-bond acceptors (Lipinski definition) is 8. The third-order valence-corrected chi connectivity index (χ3v) is 5.10. The van der Waals surface area contributed by atoms with Gasteiger partial charge in [0.2, 0.25) is 11.9 Å². The summed E-state index contributed by atoms with van der Waals surface area (Å²) in [6.45, 7) is 0.213. The van der Waals surface area contributed by atoms with Gasteiger partial charge in [-0.05, 0) is 47.1 Å². The maximum atomic E-state index is 13.4. The minimum absolute atomic E-state index is 0.0670. The van der Waals surface area contributed by atoms with Crippen LogP contribution in [-0.2, 0) is 6.54 Å². The van der Waals surface area contributed by atoms with Crippen LogP contribution in [0.1, 0.15) is 5.56 Å². The zero-order valence-corrected chi connectivity index (χ0v) is 20.1. The number of nitrogens with one attached hydrogen (secondary N) is 2. The summed E-state index contributed by atoms with van der Waals surface area (Å²) in [7, 11) is 3.41. The van der Waals surface area contributed by atoms with E-state index in [9.17, 15) is 4.79 Å². The molecule has 2 aromatic carbocycles. The number of guanidine groups is 1. The standard InChI is InChI=1S/C24H21ClN8O3/c1-32(2)23(28-15-26)30-20-13-27-24(33(22(20)34)14-16-3-5-17(25)6-4-16)29-18-7-9-19(10-8-18)36-21-11-12-35-31-21/h3-13H,14H2,1-2H3,(H,27,29)(H,28,30). The predicted molar refractivity (Wildman–Crippen MR) is 135 cm³/mol. The quantitative estimate of drug-likeness (QED) is 0.165. The van der Waals surface area contributed by atoms with Crippen LogP contribution in [0.3, 0.4) is 0 Å². The molecule has 0 radical (unpaired) electrons. The Hall–Kier alpha value is -4.82. The number of benzene rings is 2. The Morgan fingerprint density at radius 1 is 1.19 bits per heavy atom. The van der Waals surface area contributed by atoms with Gasteiger partial charge in [0.1, 0.15) is 12.0 Å². The zero-order valence-electron chi connectivity index (χ0n) is 19.3. The van der Waals surface area contributed by atoms with Crippen LogP contribution in [0.4, 0.5) is 17.3 Å². The normalized spacial score (nSPS) is 11.0.